The van der Waals surface area contributed by atoms with Gasteiger partial charge in [0.1, 0.15) is 0 Å². The number of fused-ring (bicyclic) bond motifs is 3. The normalized spacial score (nSPS) is 11.6. The average Bonchev–Trinajstić information content (AvgIpc) is 3.06. The van der Waals surface area contributed by atoms with Crippen molar-refractivity contribution in [2.45, 2.75) is 77.6 Å². The molecule has 5 aromatic carbocycles. The van der Waals surface area contributed by atoms with Crippen molar-refractivity contribution in [3.63, 3.8) is 0 Å². The van der Waals surface area contributed by atoms with Crippen molar-refractivity contribution in [2.75, 3.05) is 0 Å². The molecule has 0 spiro atoms. The van der Waals surface area contributed by atoms with E-state index in [0.29, 0.717) is 0 Å². The van der Waals surface area contributed by atoms with Crippen LogP contribution in [0, 0.1) is 0 Å². The highest BCUT2D eigenvalue weighted by Crippen LogP contribution is 2.42. The lowest BCUT2D eigenvalue weighted by Crippen LogP contribution is -1.91. The van der Waals surface area contributed by atoms with Crippen LogP contribution >= 0.6 is 15.9 Å². The van der Waals surface area contributed by atoms with Crippen molar-refractivity contribution in [3.05, 3.63) is 113 Å². The zero-order chi connectivity index (χ0) is 29.4. The Morgan fingerprint density at radius 1 is 0.512 bits per heavy atom. The van der Waals surface area contributed by atoms with Gasteiger partial charge in [-0.25, -0.2) is 0 Å². The largest absolute Gasteiger partial charge is 0.261 e. The minimum absolute atomic E-state index is 1.08. The van der Waals surface area contributed by atoms with E-state index in [1.165, 1.54) is 124 Å². The minimum atomic E-state index is 1.08. The molecule has 0 fully saturated rings. The van der Waals surface area contributed by atoms with E-state index < -0.39 is 0 Å². The fourth-order valence-electron chi connectivity index (χ4n) is 6.51. The van der Waals surface area contributed by atoms with Gasteiger partial charge in [0, 0.05) is 21.7 Å². The SMILES string of the molecule is CCCCCCCCCCCCc1cc2ccc(-c3ccc(-c4c5ccccc5c(Br)c5ccccc45)cc3)cc2cn1. The lowest BCUT2D eigenvalue weighted by Gasteiger charge is -2.15. The number of pyridine rings is 1. The second kappa shape index (κ2) is 14.3. The van der Waals surface area contributed by atoms with Crippen LogP contribution in [0.1, 0.15) is 76.8 Å². The third kappa shape index (κ3) is 6.86. The number of benzene rings is 5. The summed E-state index contributed by atoms with van der Waals surface area (Å²) in [6.07, 6.45) is 16.8. The molecule has 0 aliphatic heterocycles. The summed E-state index contributed by atoms with van der Waals surface area (Å²) in [7, 11) is 0. The molecule has 0 saturated heterocycles. The second-order valence-electron chi connectivity index (χ2n) is 12.0. The first kappa shape index (κ1) is 29.6. The van der Waals surface area contributed by atoms with E-state index in [1.54, 1.807) is 0 Å². The van der Waals surface area contributed by atoms with E-state index in [2.05, 4.69) is 126 Å². The van der Waals surface area contributed by atoms with E-state index >= 15 is 0 Å². The van der Waals surface area contributed by atoms with Crippen molar-refractivity contribution in [3.8, 4) is 22.3 Å². The Bertz CT molecular complexity index is 1760. The van der Waals surface area contributed by atoms with Crippen LogP contribution in [-0.2, 0) is 6.42 Å². The van der Waals surface area contributed by atoms with Crippen molar-refractivity contribution in [1.82, 2.24) is 4.98 Å². The smallest absolute Gasteiger partial charge is 0.0410 e. The zero-order valence-corrected chi connectivity index (χ0v) is 27.0. The Hall–Kier alpha value is -3.49. The molecule has 1 nitrogen and oxygen atoms in total. The van der Waals surface area contributed by atoms with Crippen molar-refractivity contribution >= 4 is 48.2 Å². The summed E-state index contributed by atoms with van der Waals surface area (Å²) < 4.78 is 1.16. The summed E-state index contributed by atoms with van der Waals surface area (Å²) >= 11 is 3.88. The number of aromatic nitrogens is 1. The molecular formula is C41H42BrN. The number of aryl methyl sites for hydroxylation is 1. The van der Waals surface area contributed by atoms with Crippen LogP contribution in [-0.4, -0.2) is 4.98 Å². The van der Waals surface area contributed by atoms with E-state index in [0.717, 1.165) is 10.9 Å². The van der Waals surface area contributed by atoms with Gasteiger partial charge in [0.2, 0.25) is 0 Å². The number of hydrogen-bond donors (Lipinski definition) is 0. The summed E-state index contributed by atoms with van der Waals surface area (Å²) in [5.74, 6) is 0. The fraction of sp³-hybridized carbons (Fsp3) is 0.293. The second-order valence-corrected chi connectivity index (χ2v) is 12.8. The van der Waals surface area contributed by atoms with Crippen molar-refractivity contribution in [2.24, 2.45) is 0 Å². The fourth-order valence-corrected chi connectivity index (χ4v) is 7.20. The highest BCUT2D eigenvalue weighted by Gasteiger charge is 2.14. The quantitative estimate of drug-likeness (QED) is 0.0916. The number of unbranched alkanes of at least 4 members (excludes halogenated alkanes) is 9. The van der Waals surface area contributed by atoms with Gasteiger partial charge in [-0.1, -0.05) is 150 Å². The molecule has 0 aliphatic carbocycles. The average molecular weight is 629 g/mol. The molecule has 6 rings (SSSR count). The first-order chi connectivity index (χ1) is 21.2. The molecule has 0 unspecified atom stereocenters. The molecule has 1 heterocycles. The minimum Gasteiger partial charge on any atom is -0.261 e. The molecule has 0 atom stereocenters. The topological polar surface area (TPSA) is 12.9 Å². The third-order valence-electron chi connectivity index (χ3n) is 8.94. The van der Waals surface area contributed by atoms with Gasteiger partial charge in [-0.2, -0.15) is 0 Å². The predicted octanol–water partition coefficient (Wildman–Crippen LogP) is 13.1. The number of hydrogen-bond acceptors (Lipinski definition) is 1. The molecule has 0 aliphatic rings. The molecular weight excluding hydrogens is 586 g/mol. The Balaban J connectivity index is 1.13. The molecule has 218 valence electrons. The molecule has 0 N–H and O–H groups in total. The zero-order valence-electron chi connectivity index (χ0n) is 25.4. The maximum atomic E-state index is 4.83. The lowest BCUT2D eigenvalue weighted by atomic mass is 9.91. The van der Waals surface area contributed by atoms with Crippen LogP contribution in [0.15, 0.2) is 108 Å². The van der Waals surface area contributed by atoms with Crippen molar-refractivity contribution < 1.29 is 0 Å². The van der Waals surface area contributed by atoms with Gasteiger partial charge in [-0.05, 0) is 90.1 Å². The summed E-state index contributed by atoms with van der Waals surface area (Å²) in [6.45, 7) is 2.29. The van der Waals surface area contributed by atoms with Crippen LogP contribution in [0.3, 0.4) is 0 Å². The Morgan fingerprint density at radius 2 is 1.05 bits per heavy atom. The van der Waals surface area contributed by atoms with Crippen LogP contribution in [0.5, 0.6) is 0 Å². The molecule has 1 aromatic heterocycles. The standard InChI is InChI=1S/C41H42BrN/c1-2-3-4-5-6-7-8-9-10-11-16-35-28-33-26-25-32(27-34(33)29-43-35)30-21-23-31(24-22-30)40-36-17-12-14-19-38(36)41(42)39-20-15-13-18-37(39)40/h12-15,17-29H,2-11,16H2,1H3. The maximum absolute atomic E-state index is 4.83. The molecule has 6 aromatic rings. The van der Waals surface area contributed by atoms with Gasteiger partial charge in [0.15, 0.2) is 0 Å². The van der Waals surface area contributed by atoms with Gasteiger partial charge >= 0.3 is 0 Å². The summed E-state index contributed by atoms with van der Waals surface area (Å²) in [6, 6.07) is 35.5. The van der Waals surface area contributed by atoms with Gasteiger partial charge in [0.25, 0.3) is 0 Å². The summed E-state index contributed by atoms with van der Waals surface area (Å²) in [4.78, 5) is 4.83. The van der Waals surface area contributed by atoms with Crippen LogP contribution in [0.25, 0.3) is 54.6 Å². The molecule has 0 amide bonds. The molecule has 0 bridgehead atoms. The summed E-state index contributed by atoms with van der Waals surface area (Å²) in [5.41, 5.74) is 6.21. The maximum Gasteiger partial charge on any atom is 0.0410 e. The third-order valence-corrected chi connectivity index (χ3v) is 9.79. The highest BCUT2D eigenvalue weighted by molar-refractivity contribution is 9.10. The highest BCUT2D eigenvalue weighted by atomic mass is 79.9. The Labute approximate surface area is 265 Å². The van der Waals surface area contributed by atoms with Gasteiger partial charge in [-0.3, -0.25) is 4.98 Å². The Morgan fingerprint density at radius 3 is 1.67 bits per heavy atom. The van der Waals surface area contributed by atoms with E-state index in [9.17, 15) is 0 Å². The van der Waals surface area contributed by atoms with Crippen molar-refractivity contribution in [1.29, 1.82) is 0 Å². The monoisotopic (exact) mass is 627 g/mol. The van der Waals surface area contributed by atoms with Gasteiger partial charge < -0.3 is 0 Å². The lowest BCUT2D eigenvalue weighted by molar-refractivity contribution is 0.555. The molecule has 2 heteroatoms. The van der Waals surface area contributed by atoms with Gasteiger partial charge in [0.05, 0.1) is 0 Å². The molecule has 0 saturated carbocycles. The van der Waals surface area contributed by atoms with Crippen LogP contribution in [0.4, 0.5) is 0 Å². The van der Waals surface area contributed by atoms with E-state index in [-0.39, 0.29) is 0 Å². The number of rotatable bonds is 13. The molecule has 0 radical (unpaired) electrons. The molecule has 43 heavy (non-hydrogen) atoms. The summed E-state index contributed by atoms with van der Waals surface area (Å²) in [5, 5.41) is 7.52. The predicted molar refractivity (Wildman–Crippen MR) is 191 cm³/mol. The van der Waals surface area contributed by atoms with E-state index in [4.69, 9.17) is 4.98 Å². The number of nitrogens with zero attached hydrogens (tertiary/aromatic N) is 1. The van der Waals surface area contributed by atoms with E-state index in [1.807, 2.05) is 0 Å². The first-order valence-corrected chi connectivity index (χ1v) is 17.1. The van der Waals surface area contributed by atoms with Crippen LogP contribution < -0.4 is 0 Å². The Kier molecular flexibility index (Phi) is 9.85. The van der Waals surface area contributed by atoms with Gasteiger partial charge in [-0.15, -0.1) is 0 Å². The number of halogens is 1. The van der Waals surface area contributed by atoms with Crippen LogP contribution in [0.2, 0.25) is 0 Å². The first-order valence-electron chi connectivity index (χ1n) is 16.3.